The second kappa shape index (κ2) is 6.37. The zero-order valence-electron chi connectivity index (χ0n) is 12.1. The molecule has 4 N–H and O–H groups in total. The highest BCUT2D eigenvalue weighted by Crippen LogP contribution is 2.24. The van der Waals surface area contributed by atoms with Crippen molar-refractivity contribution >= 4 is 22.7 Å². The molecule has 2 rings (SSSR count). The van der Waals surface area contributed by atoms with Crippen LogP contribution in [0, 0.1) is 0 Å². The van der Waals surface area contributed by atoms with E-state index in [0.29, 0.717) is 0 Å². The Morgan fingerprint density at radius 3 is 2.43 bits per heavy atom. The van der Waals surface area contributed by atoms with Crippen molar-refractivity contribution in [1.82, 2.24) is 10.6 Å². The first-order chi connectivity index (χ1) is 9.99. The molecule has 0 radical (unpaired) electrons. The summed E-state index contributed by atoms with van der Waals surface area (Å²) in [7, 11) is 0. The van der Waals surface area contributed by atoms with Gasteiger partial charge in [0.1, 0.15) is 0 Å². The van der Waals surface area contributed by atoms with Gasteiger partial charge in [-0.15, -0.1) is 0 Å². The van der Waals surface area contributed by atoms with Crippen LogP contribution in [0.5, 0.6) is 0 Å². The van der Waals surface area contributed by atoms with Gasteiger partial charge in [0.15, 0.2) is 0 Å². The third kappa shape index (κ3) is 3.58. The van der Waals surface area contributed by atoms with Gasteiger partial charge in [0.25, 0.3) is 0 Å². The van der Waals surface area contributed by atoms with Gasteiger partial charge in [0.05, 0.1) is 6.04 Å². The Morgan fingerprint density at radius 1 is 1.05 bits per heavy atom. The smallest absolute Gasteiger partial charge is 0.318 e. The predicted molar refractivity (Wildman–Crippen MR) is 82.7 cm³/mol. The Morgan fingerprint density at radius 2 is 1.71 bits per heavy atom. The van der Waals surface area contributed by atoms with E-state index >= 15 is 0 Å². The first-order valence-corrected chi connectivity index (χ1v) is 6.83. The van der Waals surface area contributed by atoms with Gasteiger partial charge in [-0.1, -0.05) is 42.5 Å². The Hall–Kier alpha value is -2.40. The summed E-state index contributed by atoms with van der Waals surface area (Å²) >= 11 is 0. The van der Waals surface area contributed by atoms with Crippen LogP contribution in [0.4, 0.5) is 4.79 Å². The van der Waals surface area contributed by atoms with Gasteiger partial charge in [0.2, 0.25) is 5.91 Å². The van der Waals surface area contributed by atoms with E-state index in [2.05, 4.69) is 28.8 Å². The number of rotatable bonds is 4. The fraction of sp³-hybridized carbons (Fsp3) is 0.250. The van der Waals surface area contributed by atoms with E-state index in [0.717, 1.165) is 16.3 Å². The number of hydrogen-bond acceptors (Lipinski definition) is 3. The summed E-state index contributed by atoms with van der Waals surface area (Å²) in [5.74, 6) is -0.436. The number of amides is 3. The SMILES string of the molecule is C[C@H](N[C@@H](C)c1cccc2ccccc12)C(=O)NC(N)=O. The monoisotopic (exact) mass is 285 g/mol. The number of carbonyl (C=O) groups excluding carboxylic acids is 2. The zero-order valence-corrected chi connectivity index (χ0v) is 12.1. The number of imide groups is 1. The van der Waals surface area contributed by atoms with Crippen molar-refractivity contribution in [3.8, 4) is 0 Å². The maximum atomic E-state index is 11.7. The Kier molecular flexibility index (Phi) is 4.55. The number of primary amides is 1. The lowest BCUT2D eigenvalue weighted by Crippen LogP contribution is -2.47. The quantitative estimate of drug-likeness (QED) is 0.804. The molecule has 110 valence electrons. The van der Waals surface area contributed by atoms with E-state index in [1.807, 2.05) is 31.2 Å². The van der Waals surface area contributed by atoms with Gasteiger partial charge >= 0.3 is 6.03 Å². The van der Waals surface area contributed by atoms with E-state index in [1.54, 1.807) is 6.92 Å². The van der Waals surface area contributed by atoms with E-state index in [1.165, 1.54) is 0 Å². The average molecular weight is 285 g/mol. The van der Waals surface area contributed by atoms with Crippen LogP contribution in [-0.4, -0.2) is 18.0 Å². The summed E-state index contributed by atoms with van der Waals surface area (Å²) in [5.41, 5.74) is 6.05. The van der Waals surface area contributed by atoms with Crippen LogP contribution in [-0.2, 0) is 4.79 Å². The van der Waals surface area contributed by atoms with Gasteiger partial charge in [-0.2, -0.15) is 0 Å². The number of nitrogens with one attached hydrogen (secondary N) is 2. The molecule has 0 spiro atoms. The standard InChI is InChI=1S/C16H19N3O2/c1-10(18-11(2)15(20)19-16(17)21)13-9-5-7-12-6-3-4-8-14(12)13/h3-11,18H,1-2H3,(H3,17,19,20,21)/t10-,11-/m0/s1. The van der Waals surface area contributed by atoms with Crippen LogP contribution >= 0.6 is 0 Å². The molecular formula is C16H19N3O2. The summed E-state index contributed by atoms with van der Waals surface area (Å²) in [4.78, 5) is 22.4. The first-order valence-electron chi connectivity index (χ1n) is 6.83. The van der Waals surface area contributed by atoms with Crippen LogP contribution in [0.1, 0.15) is 25.5 Å². The normalized spacial score (nSPS) is 13.6. The van der Waals surface area contributed by atoms with Crippen molar-refractivity contribution in [1.29, 1.82) is 0 Å². The summed E-state index contributed by atoms with van der Waals surface area (Å²) in [6.07, 6.45) is 0. The van der Waals surface area contributed by atoms with Crippen LogP contribution < -0.4 is 16.4 Å². The molecule has 0 aliphatic heterocycles. The van der Waals surface area contributed by atoms with Crippen LogP contribution in [0.25, 0.3) is 10.8 Å². The number of benzene rings is 2. The lowest BCUT2D eigenvalue weighted by atomic mass is 9.99. The van der Waals surface area contributed by atoms with Crippen LogP contribution in [0.2, 0.25) is 0 Å². The predicted octanol–water partition coefficient (Wildman–Crippen LogP) is 2.07. The molecule has 0 aromatic heterocycles. The minimum atomic E-state index is -0.841. The molecular weight excluding hydrogens is 266 g/mol. The molecule has 0 saturated carbocycles. The van der Waals surface area contributed by atoms with E-state index in [9.17, 15) is 9.59 Å². The molecule has 0 unspecified atom stereocenters. The summed E-state index contributed by atoms with van der Waals surface area (Å²) in [6.45, 7) is 3.68. The summed E-state index contributed by atoms with van der Waals surface area (Å²) in [5, 5.41) is 7.54. The minimum Gasteiger partial charge on any atom is -0.351 e. The molecule has 5 heteroatoms. The molecule has 2 atom stereocenters. The van der Waals surface area contributed by atoms with Crippen molar-refractivity contribution in [3.63, 3.8) is 0 Å². The second-order valence-electron chi connectivity index (χ2n) is 5.03. The zero-order chi connectivity index (χ0) is 15.4. The van der Waals surface area contributed by atoms with Crippen molar-refractivity contribution in [2.75, 3.05) is 0 Å². The number of urea groups is 1. The third-order valence-corrected chi connectivity index (χ3v) is 3.43. The molecule has 0 aliphatic carbocycles. The highest BCUT2D eigenvalue weighted by atomic mass is 16.2. The molecule has 21 heavy (non-hydrogen) atoms. The topological polar surface area (TPSA) is 84.2 Å². The van der Waals surface area contributed by atoms with Crippen molar-refractivity contribution in [2.24, 2.45) is 5.73 Å². The van der Waals surface area contributed by atoms with Crippen LogP contribution in [0.15, 0.2) is 42.5 Å². The Labute approximate surface area is 123 Å². The minimum absolute atomic E-state index is 0.0373. The molecule has 0 saturated heterocycles. The maximum Gasteiger partial charge on any atom is 0.318 e. The molecule has 0 heterocycles. The highest BCUT2D eigenvalue weighted by molar-refractivity contribution is 5.96. The Balaban J connectivity index is 2.17. The third-order valence-electron chi connectivity index (χ3n) is 3.43. The van der Waals surface area contributed by atoms with Gasteiger partial charge in [0, 0.05) is 6.04 Å². The van der Waals surface area contributed by atoms with E-state index in [4.69, 9.17) is 5.73 Å². The summed E-state index contributed by atoms with van der Waals surface area (Å²) < 4.78 is 0. The number of carbonyl (C=O) groups is 2. The molecule has 2 aromatic carbocycles. The van der Waals surface area contributed by atoms with Crippen molar-refractivity contribution in [2.45, 2.75) is 25.9 Å². The maximum absolute atomic E-state index is 11.7. The molecule has 0 fully saturated rings. The largest absolute Gasteiger partial charge is 0.351 e. The number of nitrogens with two attached hydrogens (primary N) is 1. The van der Waals surface area contributed by atoms with Gasteiger partial charge in [-0.05, 0) is 30.2 Å². The lowest BCUT2D eigenvalue weighted by molar-refractivity contribution is -0.121. The first kappa shape index (κ1) is 15.0. The molecule has 3 amide bonds. The average Bonchev–Trinajstić information content (AvgIpc) is 2.45. The Bertz CT molecular complexity index is 664. The van der Waals surface area contributed by atoms with Crippen molar-refractivity contribution < 1.29 is 9.59 Å². The fourth-order valence-electron chi connectivity index (χ4n) is 2.40. The molecule has 0 bridgehead atoms. The van der Waals surface area contributed by atoms with E-state index in [-0.39, 0.29) is 6.04 Å². The van der Waals surface area contributed by atoms with Gasteiger partial charge in [-0.3, -0.25) is 15.4 Å². The van der Waals surface area contributed by atoms with Crippen LogP contribution in [0.3, 0.4) is 0 Å². The van der Waals surface area contributed by atoms with Gasteiger partial charge in [-0.25, -0.2) is 4.79 Å². The highest BCUT2D eigenvalue weighted by Gasteiger charge is 2.18. The fourth-order valence-corrected chi connectivity index (χ4v) is 2.40. The summed E-state index contributed by atoms with van der Waals surface area (Å²) in [6, 6.07) is 12.8. The van der Waals surface area contributed by atoms with E-state index < -0.39 is 18.0 Å². The molecule has 2 aromatic rings. The number of hydrogen-bond donors (Lipinski definition) is 3. The van der Waals surface area contributed by atoms with Crippen molar-refractivity contribution in [3.05, 3.63) is 48.0 Å². The second-order valence-corrected chi connectivity index (χ2v) is 5.03. The molecule has 0 aliphatic rings. The van der Waals surface area contributed by atoms with Gasteiger partial charge < -0.3 is 5.73 Å². The lowest BCUT2D eigenvalue weighted by Gasteiger charge is -2.20. The number of fused-ring (bicyclic) bond motifs is 1. The molecule has 5 nitrogen and oxygen atoms in total.